The molecule has 1 unspecified atom stereocenters. The van der Waals surface area contributed by atoms with Crippen LogP contribution in [0, 0.1) is 5.92 Å². The maximum atomic E-state index is 11.0. The lowest BCUT2D eigenvalue weighted by atomic mass is 10.1. The van der Waals surface area contributed by atoms with Crippen molar-refractivity contribution in [3.05, 3.63) is 36.2 Å². The molecule has 1 aromatic heterocycles. The van der Waals surface area contributed by atoms with E-state index in [4.69, 9.17) is 9.84 Å². The van der Waals surface area contributed by atoms with Gasteiger partial charge in [-0.2, -0.15) is 0 Å². The fourth-order valence-corrected chi connectivity index (χ4v) is 2.41. The van der Waals surface area contributed by atoms with E-state index in [-0.39, 0.29) is 5.56 Å². The fraction of sp³-hybridized carbons (Fsp3) is 0.357. The fourth-order valence-electron chi connectivity index (χ4n) is 2.41. The number of rotatable bonds is 4. The van der Waals surface area contributed by atoms with Gasteiger partial charge in [-0.15, -0.1) is 10.2 Å². The maximum Gasteiger partial charge on any atom is 0.335 e. The molecule has 6 nitrogen and oxygen atoms in total. The summed E-state index contributed by atoms with van der Waals surface area (Å²) in [4.78, 5) is 11.0. The molecule has 1 atom stereocenters. The van der Waals surface area contributed by atoms with Gasteiger partial charge >= 0.3 is 5.97 Å². The lowest BCUT2D eigenvalue weighted by Crippen LogP contribution is -2.11. The maximum absolute atomic E-state index is 11.0. The Bertz CT molecular complexity index is 618. The highest BCUT2D eigenvalue weighted by molar-refractivity contribution is 5.89. The second-order valence-electron chi connectivity index (χ2n) is 4.92. The van der Waals surface area contributed by atoms with Gasteiger partial charge in [-0.25, -0.2) is 4.79 Å². The first-order valence-corrected chi connectivity index (χ1v) is 6.53. The average molecular weight is 273 g/mol. The van der Waals surface area contributed by atoms with Gasteiger partial charge in [0.1, 0.15) is 6.33 Å². The number of benzene rings is 1. The van der Waals surface area contributed by atoms with Gasteiger partial charge in [0.25, 0.3) is 0 Å². The van der Waals surface area contributed by atoms with Crippen molar-refractivity contribution in [3.8, 4) is 11.4 Å². The van der Waals surface area contributed by atoms with Crippen LogP contribution in [0.3, 0.4) is 0 Å². The van der Waals surface area contributed by atoms with Crippen molar-refractivity contribution in [1.29, 1.82) is 0 Å². The first-order valence-electron chi connectivity index (χ1n) is 6.53. The summed E-state index contributed by atoms with van der Waals surface area (Å²) in [5.41, 5.74) is 1.02. The van der Waals surface area contributed by atoms with E-state index >= 15 is 0 Å². The number of carboxylic acids is 1. The number of aromatic carboxylic acids is 1. The van der Waals surface area contributed by atoms with Gasteiger partial charge in [-0.3, -0.25) is 0 Å². The van der Waals surface area contributed by atoms with Crippen molar-refractivity contribution in [2.45, 2.75) is 13.0 Å². The predicted molar refractivity (Wildman–Crippen MR) is 71.3 cm³/mol. The monoisotopic (exact) mass is 273 g/mol. The normalized spacial score (nSPS) is 18.3. The second kappa shape index (κ2) is 5.42. The topological polar surface area (TPSA) is 77.2 Å². The number of carboxylic acid groups (broad SMARTS) is 1. The molecule has 0 saturated carbocycles. The summed E-state index contributed by atoms with van der Waals surface area (Å²) in [5.74, 6) is 0.217. The van der Waals surface area contributed by atoms with E-state index in [2.05, 4.69) is 10.2 Å². The summed E-state index contributed by atoms with van der Waals surface area (Å²) in [6, 6.07) is 6.75. The van der Waals surface area contributed by atoms with Gasteiger partial charge < -0.3 is 14.4 Å². The molecule has 1 aliphatic rings. The van der Waals surface area contributed by atoms with E-state index in [1.807, 2.05) is 10.6 Å². The minimum Gasteiger partial charge on any atom is -0.478 e. The highest BCUT2D eigenvalue weighted by atomic mass is 16.5. The van der Waals surface area contributed by atoms with Crippen molar-refractivity contribution in [2.75, 3.05) is 13.2 Å². The summed E-state index contributed by atoms with van der Waals surface area (Å²) in [6.45, 7) is 2.35. The predicted octanol–water partition coefficient (Wildman–Crippen LogP) is 1.68. The summed E-state index contributed by atoms with van der Waals surface area (Å²) in [5, 5.41) is 17.1. The molecule has 0 spiro atoms. The Morgan fingerprint density at radius 3 is 3.15 bits per heavy atom. The molecule has 0 bridgehead atoms. The Morgan fingerprint density at radius 1 is 1.50 bits per heavy atom. The minimum absolute atomic E-state index is 0.251. The summed E-state index contributed by atoms with van der Waals surface area (Å²) in [6.07, 6.45) is 2.72. The van der Waals surface area contributed by atoms with E-state index < -0.39 is 5.97 Å². The van der Waals surface area contributed by atoms with E-state index in [9.17, 15) is 4.79 Å². The van der Waals surface area contributed by atoms with Crippen LogP contribution >= 0.6 is 0 Å². The first-order chi connectivity index (χ1) is 9.74. The van der Waals surface area contributed by atoms with Crippen LogP contribution in [0.15, 0.2) is 30.6 Å². The van der Waals surface area contributed by atoms with Gasteiger partial charge in [0.15, 0.2) is 5.82 Å². The number of aromatic nitrogens is 3. The summed E-state index contributed by atoms with van der Waals surface area (Å²) >= 11 is 0. The SMILES string of the molecule is O=C(O)c1cccc(-c2nncn2CC2CCOC2)c1. The zero-order valence-electron chi connectivity index (χ0n) is 10.9. The quantitative estimate of drug-likeness (QED) is 0.917. The standard InChI is InChI=1S/C14H15N3O3/c18-14(19)12-3-1-2-11(6-12)13-16-15-9-17(13)7-10-4-5-20-8-10/h1-3,6,9-10H,4-5,7-8H2,(H,18,19). The van der Waals surface area contributed by atoms with Crippen molar-refractivity contribution in [2.24, 2.45) is 5.92 Å². The molecular weight excluding hydrogens is 258 g/mol. The van der Waals surface area contributed by atoms with E-state index in [0.717, 1.165) is 31.7 Å². The zero-order valence-corrected chi connectivity index (χ0v) is 10.9. The molecule has 20 heavy (non-hydrogen) atoms. The largest absolute Gasteiger partial charge is 0.478 e. The van der Waals surface area contributed by atoms with Crippen LogP contribution in [-0.4, -0.2) is 39.1 Å². The van der Waals surface area contributed by atoms with Crippen LogP contribution in [-0.2, 0) is 11.3 Å². The number of ether oxygens (including phenoxy) is 1. The number of hydrogen-bond donors (Lipinski definition) is 1. The number of nitrogens with zero attached hydrogens (tertiary/aromatic N) is 3. The van der Waals surface area contributed by atoms with Gasteiger partial charge in [0, 0.05) is 24.6 Å². The van der Waals surface area contributed by atoms with Gasteiger partial charge in [-0.1, -0.05) is 12.1 Å². The number of carbonyl (C=O) groups is 1. The lowest BCUT2D eigenvalue weighted by Gasteiger charge is -2.11. The zero-order chi connectivity index (χ0) is 13.9. The van der Waals surface area contributed by atoms with Crippen molar-refractivity contribution in [3.63, 3.8) is 0 Å². The Kier molecular flexibility index (Phi) is 3.47. The Balaban J connectivity index is 1.88. The Morgan fingerprint density at radius 2 is 2.40 bits per heavy atom. The smallest absolute Gasteiger partial charge is 0.335 e. The molecule has 104 valence electrons. The third-order valence-corrected chi connectivity index (χ3v) is 3.46. The highest BCUT2D eigenvalue weighted by Crippen LogP contribution is 2.21. The third-order valence-electron chi connectivity index (χ3n) is 3.46. The van der Waals surface area contributed by atoms with E-state index in [1.165, 1.54) is 0 Å². The molecule has 0 amide bonds. The highest BCUT2D eigenvalue weighted by Gasteiger charge is 2.18. The Hall–Kier alpha value is -2.21. The van der Waals surface area contributed by atoms with Gasteiger partial charge in [0.05, 0.1) is 12.2 Å². The van der Waals surface area contributed by atoms with Crippen LogP contribution in [0.25, 0.3) is 11.4 Å². The summed E-state index contributed by atoms with van der Waals surface area (Å²) < 4.78 is 7.33. The van der Waals surface area contributed by atoms with Gasteiger partial charge in [-0.05, 0) is 18.6 Å². The molecule has 0 aliphatic carbocycles. The van der Waals surface area contributed by atoms with Crippen LogP contribution in [0.1, 0.15) is 16.8 Å². The van der Waals surface area contributed by atoms with Crippen LogP contribution in [0.4, 0.5) is 0 Å². The molecule has 1 saturated heterocycles. The van der Waals surface area contributed by atoms with Crippen LogP contribution in [0.5, 0.6) is 0 Å². The van der Waals surface area contributed by atoms with Crippen molar-refractivity contribution < 1.29 is 14.6 Å². The van der Waals surface area contributed by atoms with E-state index in [0.29, 0.717) is 11.7 Å². The molecule has 6 heteroatoms. The van der Waals surface area contributed by atoms with E-state index in [1.54, 1.807) is 24.5 Å². The lowest BCUT2D eigenvalue weighted by molar-refractivity contribution is 0.0697. The summed E-state index contributed by atoms with van der Waals surface area (Å²) in [7, 11) is 0. The second-order valence-corrected chi connectivity index (χ2v) is 4.92. The molecule has 3 rings (SSSR count). The molecule has 1 aromatic carbocycles. The first kappa shape index (κ1) is 12.8. The molecular formula is C14H15N3O3. The molecule has 1 aliphatic heterocycles. The minimum atomic E-state index is -0.942. The van der Waals surface area contributed by atoms with Crippen LogP contribution < -0.4 is 0 Å². The third kappa shape index (κ3) is 2.55. The molecule has 1 fully saturated rings. The Labute approximate surface area is 116 Å². The van der Waals surface area contributed by atoms with Gasteiger partial charge in [0.2, 0.25) is 0 Å². The average Bonchev–Trinajstić information content (AvgIpc) is 3.11. The van der Waals surface area contributed by atoms with Crippen LogP contribution in [0.2, 0.25) is 0 Å². The molecule has 2 aromatic rings. The van der Waals surface area contributed by atoms with Crippen molar-refractivity contribution in [1.82, 2.24) is 14.8 Å². The van der Waals surface area contributed by atoms with Crippen molar-refractivity contribution >= 4 is 5.97 Å². The molecule has 1 N–H and O–H groups in total. The number of hydrogen-bond acceptors (Lipinski definition) is 4. The molecule has 2 heterocycles. The molecule has 0 radical (unpaired) electrons.